The van der Waals surface area contributed by atoms with E-state index in [-0.39, 0.29) is 12.8 Å². The van der Waals surface area contributed by atoms with Crippen molar-refractivity contribution in [1.29, 1.82) is 0 Å². The molecule has 0 amide bonds. The number of carboxylic acids is 2. The standard InChI is InChI=1S/C13H17NO4/c15-12(16)7-4-9-14(10-8-13(17)18)11-5-2-1-3-6-11/h1-3,5-6H,4,7-10H2,(H,15,16)(H,17,18). The molecule has 2 N–H and O–H groups in total. The summed E-state index contributed by atoms with van der Waals surface area (Å²) in [6.45, 7) is 0.933. The summed E-state index contributed by atoms with van der Waals surface area (Å²) in [5, 5.41) is 17.3. The van der Waals surface area contributed by atoms with E-state index in [0.29, 0.717) is 19.5 Å². The van der Waals surface area contributed by atoms with E-state index >= 15 is 0 Å². The lowest BCUT2D eigenvalue weighted by atomic mass is 10.2. The Morgan fingerprint density at radius 3 is 2.11 bits per heavy atom. The van der Waals surface area contributed by atoms with Gasteiger partial charge in [0.05, 0.1) is 6.42 Å². The van der Waals surface area contributed by atoms with E-state index in [2.05, 4.69) is 0 Å². The van der Waals surface area contributed by atoms with Gasteiger partial charge < -0.3 is 15.1 Å². The van der Waals surface area contributed by atoms with Crippen LogP contribution in [0.3, 0.4) is 0 Å². The van der Waals surface area contributed by atoms with Crippen molar-refractivity contribution >= 4 is 17.6 Å². The molecule has 98 valence electrons. The Balaban J connectivity index is 2.57. The molecule has 0 atom stereocenters. The van der Waals surface area contributed by atoms with Gasteiger partial charge in [-0.05, 0) is 18.6 Å². The Bertz CT molecular complexity index is 391. The number of anilines is 1. The lowest BCUT2D eigenvalue weighted by Crippen LogP contribution is -2.27. The number of nitrogens with zero attached hydrogens (tertiary/aromatic N) is 1. The van der Waals surface area contributed by atoms with Gasteiger partial charge >= 0.3 is 11.9 Å². The first-order chi connectivity index (χ1) is 8.59. The largest absolute Gasteiger partial charge is 0.481 e. The number of aliphatic carboxylic acids is 2. The van der Waals surface area contributed by atoms with Gasteiger partial charge in [-0.1, -0.05) is 18.2 Å². The number of carbonyl (C=O) groups is 2. The molecule has 0 spiro atoms. The first kappa shape index (κ1) is 14.0. The normalized spacial score (nSPS) is 10.0. The quantitative estimate of drug-likeness (QED) is 0.737. The second kappa shape index (κ2) is 7.32. The Labute approximate surface area is 106 Å². The Kier molecular flexibility index (Phi) is 5.70. The first-order valence-electron chi connectivity index (χ1n) is 5.83. The average Bonchev–Trinajstić information content (AvgIpc) is 2.34. The molecule has 0 fully saturated rings. The van der Waals surface area contributed by atoms with Crippen LogP contribution in [0, 0.1) is 0 Å². The van der Waals surface area contributed by atoms with Crippen molar-refractivity contribution in [2.45, 2.75) is 19.3 Å². The van der Waals surface area contributed by atoms with Gasteiger partial charge in [-0.25, -0.2) is 0 Å². The molecule has 5 heteroatoms. The molecule has 1 rings (SSSR count). The minimum Gasteiger partial charge on any atom is -0.481 e. The second-order valence-electron chi connectivity index (χ2n) is 3.96. The van der Waals surface area contributed by atoms with Crippen LogP contribution in [0.15, 0.2) is 30.3 Å². The van der Waals surface area contributed by atoms with E-state index in [1.54, 1.807) is 0 Å². The van der Waals surface area contributed by atoms with Crippen molar-refractivity contribution in [2.24, 2.45) is 0 Å². The van der Waals surface area contributed by atoms with Crippen LogP contribution in [-0.2, 0) is 9.59 Å². The van der Waals surface area contributed by atoms with Crippen LogP contribution in [0.2, 0.25) is 0 Å². The maximum absolute atomic E-state index is 10.6. The summed E-state index contributed by atoms with van der Waals surface area (Å²) in [6.07, 6.45) is 0.641. The molecule has 0 saturated carbocycles. The van der Waals surface area contributed by atoms with Crippen LogP contribution >= 0.6 is 0 Å². The average molecular weight is 251 g/mol. The number of hydrogen-bond donors (Lipinski definition) is 2. The maximum Gasteiger partial charge on any atom is 0.305 e. The molecule has 1 aromatic rings. The summed E-state index contributed by atoms with van der Waals surface area (Å²) < 4.78 is 0. The topological polar surface area (TPSA) is 77.8 Å². The van der Waals surface area contributed by atoms with E-state index in [4.69, 9.17) is 10.2 Å². The van der Waals surface area contributed by atoms with Gasteiger partial charge in [0, 0.05) is 25.2 Å². The molecule has 0 bridgehead atoms. The number of para-hydroxylation sites is 1. The highest BCUT2D eigenvalue weighted by atomic mass is 16.4. The summed E-state index contributed by atoms with van der Waals surface area (Å²) in [4.78, 5) is 23.0. The smallest absolute Gasteiger partial charge is 0.305 e. The molecule has 18 heavy (non-hydrogen) atoms. The zero-order chi connectivity index (χ0) is 13.4. The van der Waals surface area contributed by atoms with Gasteiger partial charge in [-0.15, -0.1) is 0 Å². The lowest BCUT2D eigenvalue weighted by molar-refractivity contribution is -0.138. The summed E-state index contributed by atoms with van der Waals surface area (Å²) in [5.41, 5.74) is 0.920. The van der Waals surface area contributed by atoms with Crippen molar-refractivity contribution in [3.8, 4) is 0 Å². The monoisotopic (exact) mass is 251 g/mol. The Morgan fingerprint density at radius 2 is 1.56 bits per heavy atom. The van der Waals surface area contributed by atoms with E-state index in [1.165, 1.54) is 0 Å². The first-order valence-corrected chi connectivity index (χ1v) is 5.83. The minimum atomic E-state index is -0.853. The molecule has 0 unspecified atom stereocenters. The lowest BCUT2D eigenvalue weighted by Gasteiger charge is -2.23. The molecule has 0 radical (unpaired) electrons. The van der Waals surface area contributed by atoms with Gasteiger partial charge in [0.2, 0.25) is 0 Å². The predicted octanol–water partition coefficient (Wildman–Crippen LogP) is 1.83. The molecule has 5 nitrogen and oxygen atoms in total. The third kappa shape index (κ3) is 5.34. The number of benzene rings is 1. The van der Waals surface area contributed by atoms with E-state index in [1.807, 2.05) is 35.2 Å². The third-order valence-corrected chi connectivity index (χ3v) is 2.54. The molecule has 0 aliphatic carbocycles. The van der Waals surface area contributed by atoms with Crippen LogP contribution in [0.25, 0.3) is 0 Å². The highest BCUT2D eigenvalue weighted by molar-refractivity contribution is 5.68. The highest BCUT2D eigenvalue weighted by Crippen LogP contribution is 2.14. The Morgan fingerprint density at radius 1 is 0.944 bits per heavy atom. The molecule has 1 aromatic carbocycles. The number of rotatable bonds is 8. The van der Waals surface area contributed by atoms with Crippen molar-refractivity contribution < 1.29 is 19.8 Å². The number of hydrogen-bond acceptors (Lipinski definition) is 3. The van der Waals surface area contributed by atoms with Gasteiger partial charge in [0.1, 0.15) is 0 Å². The molecular weight excluding hydrogens is 234 g/mol. The van der Waals surface area contributed by atoms with Crippen LogP contribution in [-0.4, -0.2) is 35.2 Å². The molecule has 0 saturated heterocycles. The molecular formula is C13H17NO4. The van der Waals surface area contributed by atoms with Gasteiger partial charge in [-0.2, -0.15) is 0 Å². The molecule has 0 aromatic heterocycles. The van der Waals surface area contributed by atoms with Crippen LogP contribution in [0.1, 0.15) is 19.3 Å². The summed E-state index contributed by atoms with van der Waals surface area (Å²) in [5.74, 6) is -1.68. The van der Waals surface area contributed by atoms with E-state index in [9.17, 15) is 9.59 Å². The zero-order valence-corrected chi connectivity index (χ0v) is 10.1. The van der Waals surface area contributed by atoms with Gasteiger partial charge in [0.15, 0.2) is 0 Å². The second-order valence-corrected chi connectivity index (χ2v) is 3.96. The van der Waals surface area contributed by atoms with Crippen LogP contribution < -0.4 is 4.90 Å². The van der Waals surface area contributed by atoms with Crippen LogP contribution in [0.4, 0.5) is 5.69 Å². The molecule has 0 aliphatic rings. The zero-order valence-electron chi connectivity index (χ0n) is 10.1. The fourth-order valence-corrected chi connectivity index (χ4v) is 1.66. The summed E-state index contributed by atoms with van der Waals surface area (Å²) in [7, 11) is 0. The summed E-state index contributed by atoms with van der Waals surface area (Å²) in [6, 6.07) is 9.42. The maximum atomic E-state index is 10.6. The summed E-state index contributed by atoms with van der Waals surface area (Å²) >= 11 is 0. The Hall–Kier alpha value is -2.04. The third-order valence-electron chi connectivity index (χ3n) is 2.54. The fraction of sp³-hybridized carbons (Fsp3) is 0.385. The van der Waals surface area contributed by atoms with Gasteiger partial charge in [0.25, 0.3) is 0 Å². The highest BCUT2D eigenvalue weighted by Gasteiger charge is 2.09. The SMILES string of the molecule is O=C(O)CCCN(CCC(=O)O)c1ccccc1. The van der Waals surface area contributed by atoms with Crippen molar-refractivity contribution in [3.63, 3.8) is 0 Å². The predicted molar refractivity (Wildman–Crippen MR) is 67.8 cm³/mol. The van der Waals surface area contributed by atoms with E-state index in [0.717, 1.165) is 5.69 Å². The molecule has 0 aliphatic heterocycles. The number of carboxylic acid groups (broad SMARTS) is 2. The van der Waals surface area contributed by atoms with Gasteiger partial charge in [-0.3, -0.25) is 9.59 Å². The fourth-order valence-electron chi connectivity index (χ4n) is 1.66. The molecule has 0 heterocycles. The van der Waals surface area contributed by atoms with Crippen molar-refractivity contribution in [1.82, 2.24) is 0 Å². The van der Waals surface area contributed by atoms with Crippen molar-refractivity contribution in [2.75, 3.05) is 18.0 Å². The van der Waals surface area contributed by atoms with E-state index < -0.39 is 11.9 Å². The minimum absolute atomic E-state index is 0.0436. The van der Waals surface area contributed by atoms with Crippen LogP contribution in [0.5, 0.6) is 0 Å². The van der Waals surface area contributed by atoms with Crippen molar-refractivity contribution in [3.05, 3.63) is 30.3 Å².